The lowest BCUT2D eigenvalue weighted by atomic mass is 9.46. The fourth-order valence-corrected chi connectivity index (χ4v) is 9.76. The molecule has 53 heavy (non-hydrogen) atoms. The number of Topliss-reactive ketones (excluding diaryl/α,β-unsaturated/α-hetero) is 2. The summed E-state index contributed by atoms with van der Waals surface area (Å²) in [6.45, 7) is 17.0. The molecule has 0 radical (unpaired) electrons. The van der Waals surface area contributed by atoms with Gasteiger partial charge in [0.15, 0.2) is 25.5 Å². The van der Waals surface area contributed by atoms with E-state index >= 15 is 4.79 Å². The molecular weight excluding hydrogens is 693 g/mol. The molecule has 0 aliphatic heterocycles. The van der Waals surface area contributed by atoms with Crippen molar-refractivity contribution in [1.29, 1.82) is 0 Å². The normalized spacial score (nSPS) is 29.9. The zero-order valence-electron chi connectivity index (χ0n) is 32.8. The van der Waals surface area contributed by atoms with Gasteiger partial charge in [-0.25, -0.2) is 4.79 Å². The van der Waals surface area contributed by atoms with E-state index < -0.39 is 72.6 Å². The minimum Gasteiger partial charge on any atom is -0.497 e. The van der Waals surface area contributed by atoms with E-state index in [9.17, 15) is 19.5 Å². The maximum Gasteiger partial charge on any atom is 0.338 e. The summed E-state index contributed by atoms with van der Waals surface area (Å²) in [5, 5.41) is 13.0. The Morgan fingerprint density at radius 3 is 2.19 bits per heavy atom. The third-order valence-electron chi connectivity index (χ3n) is 12.7. The third-order valence-corrected chi connectivity index (χ3v) is 17.2. The van der Waals surface area contributed by atoms with Crippen LogP contribution in [-0.4, -0.2) is 74.6 Å². The number of methoxy groups -OCH3 is 1. The standard InChI is InChI=1S/C42H56O10Si/c1-26(43)49-25-29-18-23-33(52-53(9,10)39(2,3)4)41(7)34(29)37(51-38(46)28-14-12-11-13-15-28)42(47)32(44)22-21-31(40(42,5)6)35(36(41)45)50-24-27-16-19-30(48-8)20-17-27/h11-20,31,33-35,37,47H,21-25H2,1-10H3/t31-,33+,34+,35-,37+,41-,42-/m1/s1. The lowest BCUT2D eigenvalue weighted by Crippen LogP contribution is -2.75. The van der Waals surface area contributed by atoms with Crippen molar-refractivity contribution in [2.45, 2.75) is 116 Å². The lowest BCUT2D eigenvalue weighted by Gasteiger charge is -2.62. The molecule has 5 rings (SSSR count). The van der Waals surface area contributed by atoms with E-state index in [4.69, 9.17) is 23.4 Å². The molecule has 10 nitrogen and oxygen atoms in total. The second-order valence-electron chi connectivity index (χ2n) is 17.1. The maximum absolute atomic E-state index is 15.8. The van der Waals surface area contributed by atoms with Crippen molar-refractivity contribution in [2.75, 3.05) is 13.7 Å². The van der Waals surface area contributed by atoms with Gasteiger partial charge in [0.1, 0.15) is 24.6 Å². The fraction of sp³-hybridized carbons (Fsp3) is 0.571. The number of hydrogen-bond donors (Lipinski definition) is 1. The average molecular weight is 749 g/mol. The van der Waals surface area contributed by atoms with Gasteiger partial charge in [-0.1, -0.05) is 71.0 Å². The summed E-state index contributed by atoms with van der Waals surface area (Å²) in [7, 11) is -0.999. The lowest BCUT2D eigenvalue weighted by molar-refractivity contribution is -0.234. The predicted molar refractivity (Wildman–Crippen MR) is 202 cm³/mol. The number of ketones is 2. The van der Waals surface area contributed by atoms with Gasteiger partial charge < -0.3 is 28.5 Å². The first-order chi connectivity index (χ1) is 24.7. The van der Waals surface area contributed by atoms with Crippen LogP contribution in [0.5, 0.6) is 5.75 Å². The van der Waals surface area contributed by atoms with Crippen LogP contribution in [0.2, 0.25) is 18.1 Å². The van der Waals surface area contributed by atoms with Gasteiger partial charge >= 0.3 is 11.9 Å². The molecule has 2 saturated carbocycles. The average Bonchev–Trinajstić information content (AvgIpc) is 3.10. The first-order valence-corrected chi connectivity index (χ1v) is 21.4. The Morgan fingerprint density at radius 1 is 0.962 bits per heavy atom. The quantitative estimate of drug-likeness (QED) is 0.153. The van der Waals surface area contributed by atoms with Gasteiger partial charge in [0, 0.05) is 30.6 Å². The molecule has 2 bridgehead atoms. The number of ether oxygens (including phenoxy) is 4. The van der Waals surface area contributed by atoms with Crippen molar-refractivity contribution in [2.24, 2.45) is 22.7 Å². The first-order valence-electron chi connectivity index (χ1n) is 18.5. The topological polar surface area (TPSA) is 135 Å². The van der Waals surface area contributed by atoms with Crippen LogP contribution in [0.3, 0.4) is 0 Å². The molecule has 3 aliphatic carbocycles. The SMILES string of the molecule is COc1ccc(CO[C@H]2C(=O)[C@]3(C)[C@@H](O[Si](C)(C)C(C)(C)C)CC=C(COC(C)=O)[C@H]3[C@H](OC(=O)c3ccccc3)[C@]3(O)C(=O)CC[C@H]2C3(C)C)cc1. The van der Waals surface area contributed by atoms with Crippen molar-refractivity contribution < 1.29 is 47.7 Å². The number of rotatable bonds is 10. The molecule has 0 aromatic heterocycles. The zero-order chi connectivity index (χ0) is 39.1. The van der Waals surface area contributed by atoms with Gasteiger partial charge in [0.05, 0.1) is 30.8 Å². The van der Waals surface area contributed by atoms with Gasteiger partial charge in [-0.2, -0.15) is 0 Å². The summed E-state index contributed by atoms with van der Waals surface area (Å²) < 4.78 is 31.2. The zero-order valence-corrected chi connectivity index (χ0v) is 33.8. The number of benzene rings is 2. The molecule has 0 saturated heterocycles. The largest absolute Gasteiger partial charge is 0.497 e. The van der Waals surface area contributed by atoms with E-state index in [1.807, 2.05) is 30.3 Å². The van der Waals surface area contributed by atoms with Gasteiger partial charge in [-0.3, -0.25) is 14.4 Å². The van der Waals surface area contributed by atoms with Crippen molar-refractivity contribution in [3.63, 3.8) is 0 Å². The van der Waals surface area contributed by atoms with Gasteiger partial charge in [0.2, 0.25) is 0 Å². The van der Waals surface area contributed by atoms with E-state index in [-0.39, 0.29) is 48.9 Å². The molecule has 7 atom stereocenters. The fourth-order valence-electron chi connectivity index (χ4n) is 8.35. The molecule has 2 fully saturated rings. The molecule has 0 heterocycles. The van der Waals surface area contributed by atoms with Crippen LogP contribution in [0.25, 0.3) is 0 Å². The Labute approximate surface area is 314 Å². The van der Waals surface area contributed by atoms with Crippen molar-refractivity contribution in [3.05, 3.63) is 77.4 Å². The Hall–Kier alpha value is -3.64. The van der Waals surface area contributed by atoms with Gasteiger partial charge in [-0.05, 0) is 73.3 Å². The first kappa shape index (κ1) is 40.5. The summed E-state index contributed by atoms with van der Waals surface area (Å²) in [5.74, 6) is -3.17. The predicted octanol–water partition coefficient (Wildman–Crippen LogP) is 7.03. The molecule has 288 valence electrons. The summed E-state index contributed by atoms with van der Waals surface area (Å²) in [4.78, 5) is 56.6. The number of carbonyl (C=O) groups excluding carboxylic acids is 4. The van der Waals surface area contributed by atoms with E-state index in [1.165, 1.54) is 6.92 Å². The second-order valence-corrected chi connectivity index (χ2v) is 21.9. The molecule has 0 amide bonds. The van der Waals surface area contributed by atoms with Crippen LogP contribution >= 0.6 is 0 Å². The molecule has 1 N–H and O–H groups in total. The van der Waals surface area contributed by atoms with Crippen LogP contribution < -0.4 is 4.74 Å². The molecular formula is C42H56O10Si. The molecule has 2 aromatic rings. The number of aliphatic hydroxyl groups is 1. The van der Waals surface area contributed by atoms with Crippen LogP contribution in [0.4, 0.5) is 0 Å². The highest BCUT2D eigenvalue weighted by molar-refractivity contribution is 6.74. The molecule has 2 aromatic carbocycles. The minimum absolute atomic E-state index is 0.0595. The molecule has 11 heteroatoms. The second kappa shape index (κ2) is 14.9. The Morgan fingerprint density at radius 2 is 1.60 bits per heavy atom. The van der Waals surface area contributed by atoms with Gasteiger partial charge in [0.25, 0.3) is 0 Å². The van der Waals surface area contributed by atoms with E-state index in [1.54, 1.807) is 58.2 Å². The van der Waals surface area contributed by atoms with Crippen molar-refractivity contribution >= 4 is 31.8 Å². The van der Waals surface area contributed by atoms with Crippen molar-refractivity contribution in [1.82, 2.24) is 0 Å². The van der Waals surface area contributed by atoms with Crippen LogP contribution in [0, 0.1) is 22.7 Å². The molecule has 0 unspecified atom stereocenters. The van der Waals surface area contributed by atoms with Crippen LogP contribution in [-0.2, 0) is 39.6 Å². The molecule has 0 spiro atoms. The Balaban J connectivity index is 1.76. The smallest absolute Gasteiger partial charge is 0.338 e. The summed E-state index contributed by atoms with van der Waals surface area (Å²) >= 11 is 0. The summed E-state index contributed by atoms with van der Waals surface area (Å²) in [6, 6.07) is 15.7. The van der Waals surface area contributed by atoms with Gasteiger partial charge in [-0.15, -0.1) is 0 Å². The van der Waals surface area contributed by atoms with Crippen LogP contribution in [0.1, 0.15) is 83.7 Å². The highest BCUT2D eigenvalue weighted by Crippen LogP contribution is 2.60. The number of fused-ring (bicyclic) bond motifs is 3. The maximum atomic E-state index is 15.8. The number of esters is 2. The summed E-state index contributed by atoms with van der Waals surface area (Å²) in [5.41, 5.74) is -3.63. The third kappa shape index (κ3) is 7.29. The van der Waals surface area contributed by atoms with Crippen molar-refractivity contribution in [3.8, 4) is 5.75 Å². The monoisotopic (exact) mass is 748 g/mol. The Kier molecular flexibility index (Phi) is 11.4. The van der Waals surface area contributed by atoms with E-state index in [0.29, 0.717) is 11.3 Å². The van der Waals surface area contributed by atoms with Crippen LogP contribution in [0.15, 0.2) is 66.2 Å². The number of hydrogen-bond acceptors (Lipinski definition) is 10. The highest BCUT2D eigenvalue weighted by Gasteiger charge is 2.72. The van der Waals surface area contributed by atoms with E-state index in [0.717, 1.165) is 5.56 Å². The van der Waals surface area contributed by atoms with E-state index in [2.05, 4.69) is 33.9 Å². The minimum atomic E-state index is -2.59. The highest BCUT2D eigenvalue weighted by atomic mass is 28.4. The Bertz CT molecular complexity index is 1730. The molecule has 3 aliphatic rings. The number of carbonyl (C=O) groups is 4. The summed E-state index contributed by atoms with van der Waals surface area (Å²) in [6.07, 6.45) is -1.03.